The summed E-state index contributed by atoms with van der Waals surface area (Å²) in [4.78, 5) is 50.0. The lowest BCUT2D eigenvalue weighted by atomic mass is 10.1. The van der Waals surface area contributed by atoms with Crippen LogP contribution in [0.15, 0.2) is 73.6 Å². The highest BCUT2D eigenvalue weighted by Crippen LogP contribution is 2.46. The number of benzene rings is 1. The van der Waals surface area contributed by atoms with Crippen molar-refractivity contribution in [2.75, 3.05) is 10.2 Å². The molecule has 1 aromatic carbocycles. The first kappa shape index (κ1) is 23.8. The van der Waals surface area contributed by atoms with Crippen LogP contribution in [0.1, 0.15) is 28.9 Å². The van der Waals surface area contributed by atoms with Crippen LogP contribution in [0.3, 0.4) is 0 Å². The summed E-state index contributed by atoms with van der Waals surface area (Å²) < 4.78 is 0. The van der Waals surface area contributed by atoms with Gasteiger partial charge in [0, 0.05) is 30.0 Å². The summed E-state index contributed by atoms with van der Waals surface area (Å²) in [6.45, 7) is 3.48. The first-order chi connectivity index (χ1) is 18.5. The minimum absolute atomic E-state index is 0.00534. The fourth-order valence-electron chi connectivity index (χ4n) is 5.08. The van der Waals surface area contributed by atoms with Gasteiger partial charge in [0.05, 0.1) is 28.1 Å². The Bertz CT molecular complexity index is 1580. The van der Waals surface area contributed by atoms with Crippen LogP contribution >= 0.6 is 11.3 Å². The van der Waals surface area contributed by atoms with Crippen LogP contribution in [-0.4, -0.2) is 39.9 Å². The molecule has 9 nitrogen and oxygen atoms in total. The Balaban J connectivity index is 1.30. The summed E-state index contributed by atoms with van der Waals surface area (Å²) in [5.41, 5.74) is 3.47. The lowest BCUT2D eigenvalue weighted by Gasteiger charge is -2.28. The smallest absolute Gasteiger partial charge is 0.331 e. The monoisotopic (exact) mass is 524 g/mol. The summed E-state index contributed by atoms with van der Waals surface area (Å²) in [5.74, 6) is -0.481. The van der Waals surface area contributed by atoms with Gasteiger partial charge in [-0.3, -0.25) is 19.5 Å². The highest BCUT2D eigenvalue weighted by Gasteiger charge is 2.34. The number of aromatic nitrogens is 2. The van der Waals surface area contributed by atoms with Crippen molar-refractivity contribution in [3.05, 3.63) is 78.5 Å². The van der Waals surface area contributed by atoms with E-state index in [2.05, 4.69) is 32.5 Å². The van der Waals surface area contributed by atoms with Gasteiger partial charge in [0.25, 0.3) is 5.91 Å². The molecule has 4 aromatic rings. The number of carbonyl (C=O) groups is 3. The van der Waals surface area contributed by atoms with Gasteiger partial charge >= 0.3 is 6.03 Å². The Labute approximate surface area is 222 Å². The minimum Gasteiger partial charge on any atom is -0.350 e. The summed E-state index contributed by atoms with van der Waals surface area (Å²) in [6, 6.07) is 14.7. The molecule has 4 heterocycles. The third kappa shape index (κ3) is 4.28. The molecule has 0 bridgehead atoms. The van der Waals surface area contributed by atoms with Gasteiger partial charge in [0.1, 0.15) is 9.71 Å². The molecular formula is C28H24N6O3S. The largest absolute Gasteiger partial charge is 0.350 e. The maximum absolute atomic E-state index is 13.4. The Morgan fingerprint density at radius 1 is 1.05 bits per heavy atom. The van der Waals surface area contributed by atoms with Gasteiger partial charge < -0.3 is 16.0 Å². The van der Waals surface area contributed by atoms with E-state index in [0.29, 0.717) is 33.2 Å². The highest BCUT2D eigenvalue weighted by molar-refractivity contribution is 7.21. The fraction of sp³-hybridized carbons (Fsp3) is 0.179. The van der Waals surface area contributed by atoms with Gasteiger partial charge in [0.2, 0.25) is 5.91 Å². The van der Waals surface area contributed by atoms with Gasteiger partial charge in [-0.2, -0.15) is 0 Å². The first-order valence-electron chi connectivity index (χ1n) is 12.3. The number of hydrogen-bond acceptors (Lipinski definition) is 6. The summed E-state index contributed by atoms with van der Waals surface area (Å²) in [5, 5.41) is 9.62. The van der Waals surface area contributed by atoms with Crippen LogP contribution in [0.2, 0.25) is 0 Å². The van der Waals surface area contributed by atoms with Crippen molar-refractivity contribution in [2.24, 2.45) is 0 Å². The second kappa shape index (κ2) is 9.71. The predicted octanol–water partition coefficient (Wildman–Crippen LogP) is 5.00. The number of amides is 4. The number of rotatable bonds is 6. The van der Waals surface area contributed by atoms with E-state index in [1.807, 2.05) is 36.4 Å². The Kier molecular flexibility index (Phi) is 6.09. The molecule has 2 atom stereocenters. The first-order valence-corrected chi connectivity index (χ1v) is 13.1. The number of hydrogen-bond donors (Lipinski definition) is 3. The molecule has 0 radical (unpaired) electrons. The summed E-state index contributed by atoms with van der Waals surface area (Å²) in [6.07, 6.45) is 6.74. The maximum Gasteiger partial charge on any atom is 0.331 e. The van der Waals surface area contributed by atoms with Crippen molar-refractivity contribution in [2.45, 2.75) is 31.3 Å². The van der Waals surface area contributed by atoms with E-state index >= 15 is 0 Å². The fourth-order valence-corrected chi connectivity index (χ4v) is 6.10. The lowest BCUT2D eigenvalue weighted by molar-refractivity contribution is -0.117. The van der Waals surface area contributed by atoms with E-state index in [-0.39, 0.29) is 29.9 Å². The second-order valence-electron chi connectivity index (χ2n) is 9.24. The molecule has 1 aliphatic carbocycles. The van der Waals surface area contributed by atoms with Gasteiger partial charge in [-0.05, 0) is 43.5 Å². The Morgan fingerprint density at radius 2 is 1.82 bits per heavy atom. The Morgan fingerprint density at radius 3 is 2.61 bits per heavy atom. The van der Waals surface area contributed by atoms with Crippen molar-refractivity contribution >= 4 is 56.5 Å². The lowest BCUT2D eigenvalue weighted by Crippen LogP contribution is -2.37. The predicted molar refractivity (Wildman–Crippen MR) is 148 cm³/mol. The van der Waals surface area contributed by atoms with Crippen LogP contribution in [0.5, 0.6) is 0 Å². The molecule has 2 aliphatic rings. The molecule has 6 rings (SSSR count). The number of thiophene rings is 1. The molecular weight excluding hydrogens is 500 g/mol. The minimum atomic E-state index is -0.365. The van der Waals surface area contributed by atoms with Gasteiger partial charge in [-0.15, -0.1) is 11.3 Å². The van der Waals surface area contributed by atoms with Crippen LogP contribution in [0, 0.1) is 0 Å². The van der Waals surface area contributed by atoms with Gasteiger partial charge in [0.15, 0.2) is 0 Å². The average molecular weight is 525 g/mol. The van der Waals surface area contributed by atoms with Crippen molar-refractivity contribution in [1.82, 2.24) is 20.6 Å². The van der Waals surface area contributed by atoms with Crippen LogP contribution < -0.4 is 20.9 Å². The number of carbonyl (C=O) groups excluding carboxylic acids is 3. The topological polar surface area (TPSA) is 116 Å². The molecule has 38 heavy (non-hydrogen) atoms. The van der Waals surface area contributed by atoms with E-state index in [9.17, 15) is 14.4 Å². The molecule has 1 saturated carbocycles. The number of anilines is 3. The SMILES string of the molecule is C=CC(=O)N[C@@H]1CCC(NC(=O)c2sc3nccc4c3c2NC(=O)N4c2ccnc(-c3ccccc3)c2)C1. The van der Waals surface area contributed by atoms with Gasteiger partial charge in [-0.25, -0.2) is 9.78 Å². The third-order valence-electron chi connectivity index (χ3n) is 6.82. The van der Waals surface area contributed by atoms with E-state index in [0.717, 1.165) is 29.5 Å². The molecule has 3 aromatic heterocycles. The molecule has 1 unspecified atom stereocenters. The van der Waals surface area contributed by atoms with E-state index < -0.39 is 0 Å². The highest BCUT2D eigenvalue weighted by atomic mass is 32.1. The molecule has 0 saturated heterocycles. The zero-order valence-corrected chi connectivity index (χ0v) is 21.1. The van der Waals surface area contributed by atoms with Crippen molar-refractivity contribution < 1.29 is 14.4 Å². The standard InChI is InChI=1S/C28H24N6O3S/c1-2-22(35)31-17-8-9-18(14-17)32-26(36)25-24-23-21(11-13-30-27(23)38-25)34(28(37)33-24)19-10-12-29-20(15-19)16-6-4-3-5-7-16/h2-7,10-13,15,17-18H,1,8-9,14H2,(H,31,35)(H,32,36)(H,33,37)/t17-,18?/m1/s1. The second-order valence-corrected chi connectivity index (χ2v) is 10.2. The molecule has 1 fully saturated rings. The van der Waals surface area contributed by atoms with E-state index in [1.54, 1.807) is 29.4 Å². The van der Waals surface area contributed by atoms with Crippen molar-refractivity contribution in [3.63, 3.8) is 0 Å². The zero-order valence-electron chi connectivity index (χ0n) is 20.3. The normalized spacial score (nSPS) is 18.2. The van der Waals surface area contributed by atoms with E-state index in [4.69, 9.17) is 0 Å². The number of nitrogens with zero attached hydrogens (tertiary/aromatic N) is 3. The number of pyridine rings is 2. The molecule has 3 N–H and O–H groups in total. The molecule has 190 valence electrons. The van der Waals surface area contributed by atoms with Crippen LogP contribution in [-0.2, 0) is 4.79 Å². The summed E-state index contributed by atoms with van der Waals surface area (Å²) >= 11 is 1.25. The average Bonchev–Trinajstić information content (AvgIpc) is 3.54. The van der Waals surface area contributed by atoms with Crippen LogP contribution in [0.4, 0.5) is 21.9 Å². The molecule has 0 spiro atoms. The molecule has 10 heteroatoms. The zero-order chi connectivity index (χ0) is 26.2. The molecule has 4 amide bonds. The van der Waals surface area contributed by atoms with Crippen LogP contribution in [0.25, 0.3) is 21.5 Å². The number of nitrogens with one attached hydrogen (secondary N) is 3. The third-order valence-corrected chi connectivity index (χ3v) is 7.92. The van der Waals surface area contributed by atoms with Gasteiger partial charge in [-0.1, -0.05) is 36.9 Å². The maximum atomic E-state index is 13.4. The van der Waals surface area contributed by atoms with Crippen molar-refractivity contribution in [1.29, 1.82) is 0 Å². The van der Waals surface area contributed by atoms with Crippen molar-refractivity contribution in [3.8, 4) is 11.3 Å². The number of urea groups is 1. The summed E-state index contributed by atoms with van der Waals surface area (Å²) in [7, 11) is 0. The molecule has 1 aliphatic heterocycles. The quantitative estimate of drug-likeness (QED) is 0.307. The van der Waals surface area contributed by atoms with E-state index in [1.165, 1.54) is 17.4 Å². The Hall–Kier alpha value is -4.57.